The van der Waals surface area contributed by atoms with E-state index in [1.54, 1.807) is 12.5 Å². The summed E-state index contributed by atoms with van der Waals surface area (Å²) in [5, 5.41) is 14.1. The Kier molecular flexibility index (Phi) is 3.70. The first-order valence-corrected chi connectivity index (χ1v) is 6.77. The van der Waals surface area contributed by atoms with Crippen LogP contribution in [-0.4, -0.2) is 35.3 Å². The lowest BCUT2D eigenvalue weighted by Gasteiger charge is -2.51. The molecule has 0 spiro atoms. The zero-order chi connectivity index (χ0) is 13.3. The second-order valence-electron chi connectivity index (χ2n) is 5.16. The molecule has 0 aliphatic heterocycles. The Bertz CT molecular complexity index is 444. The first kappa shape index (κ1) is 13.5. The van der Waals surface area contributed by atoms with E-state index in [9.17, 15) is 4.79 Å². The van der Waals surface area contributed by atoms with Gasteiger partial charge in [-0.15, -0.1) is 11.3 Å². The van der Waals surface area contributed by atoms with E-state index in [2.05, 4.69) is 24.1 Å². The summed E-state index contributed by atoms with van der Waals surface area (Å²) in [6.07, 6.45) is 1.28. The summed E-state index contributed by atoms with van der Waals surface area (Å²) in [7, 11) is 1.74. The molecule has 0 bridgehead atoms. The zero-order valence-electron chi connectivity index (χ0n) is 10.8. The van der Waals surface area contributed by atoms with Crippen molar-refractivity contribution in [3.8, 4) is 0 Å². The van der Waals surface area contributed by atoms with Crippen molar-refractivity contribution < 1.29 is 14.6 Å². The van der Waals surface area contributed by atoms with Gasteiger partial charge in [-0.25, -0.2) is 9.78 Å². The van der Waals surface area contributed by atoms with Crippen LogP contribution >= 0.6 is 11.3 Å². The van der Waals surface area contributed by atoms with Crippen molar-refractivity contribution in [2.45, 2.75) is 39.0 Å². The molecule has 100 valence electrons. The fraction of sp³-hybridized carbons (Fsp3) is 0.667. The predicted molar refractivity (Wildman–Crippen MR) is 68.9 cm³/mol. The third-order valence-electron chi connectivity index (χ3n) is 3.73. The van der Waals surface area contributed by atoms with Gasteiger partial charge in [-0.3, -0.25) is 0 Å². The van der Waals surface area contributed by atoms with Crippen molar-refractivity contribution in [3.63, 3.8) is 0 Å². The van der Waals surface area contributed by atoms with Gasteiger partial charge in [0.2, 0.25) is 5.01 Å². The standard InChI is InChI=1S/C12H18N2O3S/c1-12(2)8(4-9(12)17-3)13-5-7-6-18-10(14-7)11(15)16/h6,8-9,13H,4-5H2,1-3H3,(H,15,16). The van der Waals surface area contributed by atoms with E-state index in [1.807, 2.05) is 0 Å². The van der Waals surface area contributed by atoms with Gasteiger partial charge >= 0.3 is 5.97 Å². The number of aromatic nitrogens is 1. The molecule has 1 aliphatic rings. The minimum atomic E-state index is -0.963. The Morgan fingerprint density at radius 3 is 2.94 bits per heavy atom. The number of ether oxygens (including phenoxy) is 1. The highest BCUT2D eigenvalue weighted by Gasteiger charge is 2.48. The maximum absolute atomic E-state index is 10.7. The smallest absolute Gasteiger partial charge is 0.365 e. The topological polar surface area (TPSA) is 71.5 Å². The fourth-order valence-electron chi connectivity index (χ4n) is 2.35. The third kappa shape index (κ3) is 2.41. The molecule has 1 aromatic rings. The van der Waals surface area contributed by atoms with Crippen LogP contribution in [0.25, 0.3) is 0 Å². The van der Waals surface area contributed by atoms with Crippen LogP contribution in [0.5, 0.6) is 0 Å². The summed E-state index contributed by atoms with van der Waals surface area (Å²) in [6.45, 7) is 4.95. The van der Waals surface area contributed by atoms with Crippen molar-refractivity contribution in [1.29, 1.82) is 0 Å². The maximum atomic E-state index is 10.7. The van der Waals surface area contributed by atoms with E-state index in [4.69, 9.17) is 9.84 Å². The zero-order valence-corrected chi connectivity index (χ0v) is 11.6. The molecule has 18 heavy (non-hydrogen) atoms. The first-order chi connectivity index (χ1) is 8.45. The molecule has 2 atom stereocenters. The van der Waals surface area contributed by atoms with Crippen LogP contribution in [0.4, 0.5) is 0 Å². The summed E-state index contributed by atoms with van der Waals surface area (Å²) in [5.74, 6) is -0.963. The van der Waals surface area contributed by atoms with Crippen LogP contribution in [0.3, 0.4) is 0 Å². The second kappa shape index (κ2) is 4.95. The largest absolute Gasteiger partial charge is 0.476 e. The highest BCUT2D eigenvalue weighted by molar-refractivity contribution is 7.11. The highest BCUT2D eigenvalue weighted by atomic mass is 32.1. The van der Waals surface area contributed by atoms with E-state index in [1.165, 1.54) is 0 Å². The summed E-state index contributed by atoms with van der Waals surface area (Å²) >= 11 is 1.16. The Labute approximate surface area is 110 Å². The molecule has 1 aromatic heterocycles. The van der Waals surface area contributed by atoms with Gasteiger partial charge in [0.15, 0.2) is 0 Å². The van der Waals surface area contributed by atoms with Crippen LogP contribution in [0.2, 0.25) is 0 Å². The third-order valence-corrected chi connectivity index (χ3v) is 4.61. The highest BCUT2D eigenvalue weighted by Crippen LogP contribution is 2.42. The molecule has 0 amide bonds. The summed E-state index contributed by atoms with van der Waals surface area (Å²) in [5.41, 5.74) is 0.898. The predicted octanol–water partition coefficient (Wildman–Crippen LogP) is 1.74. The van der Waals surface area contributed by atoms with Gasteiger partial charge in [-0.1, -0.05) is 13.8 Å². The molecule has 0 saturated heterocycles. The Balaban J connectivity index is 1.87. The lowest BCUT2D eigenvalue weighted by molar-refractivity contribution is -0.0979. The molecule has 2 unspecified atom stereocenters. The van der Waals surface area contributed by atoms with Crippen LogP contribution < -0.4 is 5.32 Å². The summed E-state index contributed by atoms with van der Waals surface area (Å²) < 4.78 is 5.39. The molecular formula is C12H18N2O3S. The molecule has 1 heterocycles. The number of carboxylic acid groups (broad SMARTS) is 1. The lowest BCUT2D eigenvalue weighted by Crippen LogP contribution is -2.60. The fourth-order valence-corrected chi connectivity index (χ4v) is 3.00. The van der Waals surface area contributed by atoms with Gasteiger partial charge in [-0.2, -0.15) is 0 Å². The van der Waals surface area contributed by atoms with Gasteiger partial charge in [0.25, 0.3) is 0 Å². The molecule has 2 rings (SSSR count). The van der Waals surface area contributed by atoms with E-state index in [-0.39, 0.29) is 10.4 Å². The number of hydrogen-bond donors (Lipinski definition) is 2. The molecule has 6 heteroatoms. The van der Waals surface area contributed by atoms with Gasteiger partial charge < -0.3 is 15.2 Å². The Morgan fingerprint density at radius 1 is 1.72 bits per heavy atom. The van der Waals surface area contributed by atoms with Crippen molar-refractivity contribution in [2.24, 2.45) is 5.41 Å². The summed E-state index contributed by atoms with van der Waals surface area (Å²) in [4.78, 5) is 14.8. The molecule has 5 nitrogen and oxygen atoms in total. The monoisotopic (exact) mass is 270 g/mol. The van der Waals surface area contributed by atoms with Crippen LogP contribution in [-0.2, 0) is 11.3 Å². The molecule has 0 radical (unpaired) electrons. The number of nitrogens with one attached hydrogen (secondary N) is 1. The van der Waals surface area contributed by atoms with E-state index < -0.39 is 5.97 Å². The normalized spacial score (nSPS) is 25.7. The minimum Gasteiger partial charge on any atom is -0.476 e. The first-order valence-electron chi connectivity index (χ1n) is 5.89. The second-order valence-corrected chi connectivity index (χ2v) is 6.02. The molecular weight excluding hydrogens is 252 g/mol. The summed E-state index contributed by atoms with van der Waals surface area (Å²) in [6, 6.07) is 0.387. The van der Waals surface area contributed by atoms with Gasteiger partial charge in [0.1, 0.15) is 0 Å². The lowest BCUT2D eigenvalue weighted by atomic mass is 9.64. The van der Waals surface area contributed by atoms with Gasteiger partial charge in [0.05, 0.1) is 11.8 Å². The van der Waals surface area contributed by atoms with Crippen molar-refractivity contribution >= 4 is 17.3 Å². The van der Waals surface area contributed by atoms with E-state index in [0.717, 1.165) is 23.5 Å². The number of methoxy groups -OCH3 is 1. The van der Waals surface area contributed by atoms with E-state index >= 15 is 0 Å². The van der Waals surface area contributed by atoms with Crippen molar-refractivity contribution in [2.75, 3.05) is 7.11 Å². The minimum absolute atomic E-state index is 0.112. The molecule has 0 aromatic carbocycles. The number of aromatic carboxylic acids is 1. The maximum Gasteiger partial charge on any atom is 0.365 e. The van der Waals surface area contributed by atoms with Crippen LogP contribution in [0.15, 0.2) is 5.38 Å². The number of hydrogen-bond acceptors (Lipinski definition) is 5. The molecule has 1 saturated carbocycles. The van der Waals surface area contributed by atoms with Crippen LogP contribution in [0, 0.1) is 5.41 Å². The SMILES string of the molecule is COC1CC(NCc2csc(C(=O)O)n2)C1(C)C. The van der Waals surface area contributed by atoms with Crippen molar-refractivity contribution in [1.82, 2.24) is 10.3 Å². The van der Waals surface area contributed by atoms with Crippen molar-refractivity contribution in [3.05, 3.63) is 16.1 Å². The number of thiazole rings is 1. The Hall–Kier alpha value is -0.980. The quantitative estimate of drug-likeness (QED) is 0.853. The van der Waals surface area contributed by atoms with Gasteiger partial charge in [0, 0.05) is 30.5 Å². The van der Waals surface area contributed by atoms with Crippen LogP contribution in [0.1, 0.15) is 35.8 Å². The molecule has 1 fully saturated rings. The number of nitrogens with zero attached hydrogens (tertiary/aromatic N) is 1. The average molecular weight is 270 g/mol. The molecule has 1 aliphatic carbocycles. The average Bonchev–Trinajstić information content (AvgIpc) is 2.76. The number of rotatable bonds is 5. The van der Waals surface area contributed by atoms with Gasteiger partial charge in [-0.05, 0) is 6.42 Å². The number of carbonyl (C=O) groups is 1. The molecule has 2 N–H and O–H groups in total. The van der Waals surface area contributed by atoms with E-state index in [0.29, 0.717) is 18.7 Å². The number of carboxylic acids is 1. The Morgan fingerprint density at radius 2 is 2.44 bits per heavy atom.